The maximum absolute atomic E-state index is 12.8. The molecule has 3 aromatic heterocycles. The van der Waals surface area contributed by atoms with E-state index in [1.165, 1.54) is 6.07 Å². The minimum absolute atomic E-state index is 0.268. The average Bonchev–Trinajstić information content (AvgIpc) is 3.17. The highest BCUT2D eigenvalue weighted by Gasteiger charge is 2.39. The van der Waals surface area contributed by atoms with Crippen LogP contribution in [-0.4, -0.2) is 35.2 Å². The van der Waals surface area contributed by atoms with Gasteiger partial charge in [0.25, 0.3) is 0 Å². The predicted molar refractivity (Wildman–Crippen MR) is 124 cm³/mol. The van der Waals surface area contributed by atoms with E-state index in [2.05, 4.69) is 16.0 Å². The first kappa shape index (κ1) is 24.4. The molecule has 0 bridgehead atoms. The van der Waals surface area contributed by atoms with Crippen LogP contribution in [0, 0.1) is 11.3 Å². The maximum atomic E-state index is 12.8. The molecular weight excluding hydrogens is 479 g/mol. The van der Waals surface area contributed by atoms with Crippen LogP contribution >= 0.6 is 0 Å². The summed E-state index contributed by atoms with van der Waals surface area (Å²) in [5.41, 5.74) is 3.15. The number of benzene rings is 1. The Morgan fingerprint density at radius 3 is 2.40 bits per heavy atom. The zero-order chi connectivity index (χ0) is 25.4. The lowest BCUT2D eigenvalue weighted by Gasteiger charge is -2.17. The molecule has 0 fully saturated rings. The highest BCUT2D eigenvalue weighted by molar-refractivity contribution is 7.89. The number of sulfonamides is 1. The highest BCUT2D eigenvalue weighted by atomic mass is 32.2. The zero-order valence-corrected chi connectivity index (χ0v) is 19.5. The monoisotopic (exact) mass is 499 g/mol. The molecule has 4 rings (SSSR count). The number of hydrogen-bond donors (Lipinski definition) is 1. The number of para-hydroxylation sites is 1. The zero-order valence-electron chi connectivity index (χ0n) is 18.7. The van der Waals surface area contributed by atoms with E-state index < -0.39 is 27.1 Å². The van der Waals surface area contributed by atoms with Gasteiger partial charge in [-0.3, -0.25) is 9.55 Å². The molecule has 0 aliphatic carbocycles. The molecule has 3 heterocycles. The van der Waals surface area contributed by atoms with Gasteiger partial charge in [0, 0.05) is 23.5 Å². The van der Waals surface area contributed by atoms with Crippen LogP contribution in [0.2, 0.25) is 0 Å². The number of halogens is 3. The molecule has 180 valence electrons. The standard InChI is InChI=1S/C24H20F3N5O2S/c1-3-16-11-19-20(12-28)22(32(23(19)30-13-16)17-7-5-4-6-8-17)21-10-9-18(14-29-21)35(33,34)31-15(2)24(25,26)27/h4-11,13-15,31H,3H2,1-2H3/t15-/m0/s1. The summed E-state index contributed by atoms with van der Waals surface area (Å²) >= 11 is 0. The average molecular weight is 500 g/mol. The summed E-state index contributed by atoms with van der Waals surface area (Å²) in [6.07, 6.45) is -1.32. The van der Waals surface area contributed by atoms with E-state index in [9.17, 15) is 26.9 Å². The van der Waals surface area contributed by atoms with Crippen LogP contribution in [0.3, 0.4) is 0 Å². The van der Waals surface area contributed by atoms with Gasteiger partial charge in [-0.05, 0) is 49.2 Å². The molecule has 11 heteroatoms. The fourth-order valence-electron chi connectivity index (χ4n) is 3.63. The summed E-state index contributed by atoms with van der Waals surface area (Å²) < 4.78 is 66.8. The van der Waals surface area contributed by atoms with Crippen molar-refractivity contribution < 1.29 is 21.6 Å². The molecule has 4 aromatic rings. The first-order valence-corrected chi connectivity index (χ1v) is 12.1. The molecule has 1 N–H and O–H groups in total. The highest BCUT2D eigenvalue weighted by Crippen LogP contribution is 2.35. The molecular formula is C24H20F3N5O2S. The van der Waals surface area contributed by atoms with Gasteiger partial charge in [0.15, 0.2) is 0 Å². The second-order valence-electron chi connectivity index (χ2n) is 7.84. The fourth-order valence-corrected chi connectivity index (χ4v) is 4.81. The predicted octanol–water partition coefficient (Wildman–Crippen LogP) is 4.75. The molecule has 1 aromatic carbocycles. The normalized spacial score (nSPS) is 13.0. The minimum Gasteiger partial charge on any atom is -0.291 e. The van der Waals surface area contributed by atoms with E-state index in [4.69, 9.17) is 0 Å². The van der Waals surface area contributed by atoms with Gasteiger partial charge < -0.3 is 0 Å². The van der Waals surface area contributed by atoms with Crippen molar-refractivity contribution in [3.05, 3.63) is 72.1 Å². The second kappa shape index (κ2) is 9.13. The Bertz CT molecular complexity index is 1520. The minimum atomic E-state index is -4.73. The molecule has 1 atom stereocenters. The maximum Gasteiger partial charge on any atom is 0.404 e. The Morgan fingerprint density at radius 1 is 1.11 bits per heavy atom. The Balaban J connectivity index is 1.88. The van der Waals surface area contributed by atoms with Gasteiger partial charge in [-0.25, -0.2) is 13.4 Å². The molecule has 0 spiro atoms. The molecule has 35 heavy (non-hydrogen) atoms. The molecule has 0 saturated carbocycles. The summed E-state index contributed by atoms with van der Waals surface area (Å²) in [5, 5.41) is 10.6. The Morgan fingerprint density at radius 2 is 1.83 bits per heavy atom. The largest absolute Gasteiger partial charge is 0.404 e. The fraction of sp³-hybridized carbons (Fsp3) is 0.208. The summed E-state index contributed by atoms with van der Waals surface area (Å²) in [6.45, 7) is 2.69. The number of aryl methyl sites for hydroxylation is 1. The second-order valence-corrected chi connectivity index (χ2v) is 9.55. The van der Waals surface area contributed by atoms with Crippen LogP contribution in [0.1, 0.15) is 25.0 Å². The van der Waals surface area contributed by atoms with Crippen LogP contribution < -0.4 is 4.72 Å². The first-order valence-electron chi connectivity index (χ1n) is 10.6. The molecule has 7 nitrogen and oxygen atoms in total. The smallest absolute Gasteiger partial charge is 0.291 e. The van der Waals surface area contributed by atoms with Gasteiger partial charge in [-0.1, -0.05) is 25.1 Å². The lowest BCUT2D eigenvalue weighted by atomic mass is 10.1. The molecule has 0 unspecified atom stereocenters. The number of alkyl halides is 3. The van der Waals surface area contributed by atoms with Crippen LogP contribution in [0.25, 0.3) is 28.1 Å². The van der Waals surface area contributed by atoms with Gasteiger partial charge in [-0.15, -0.1) is 0 Å². The SMILES string of the molecule is CCc1cnc2c(c1)c(C#N)c(-c1ccc(S(=O)(=O)N[C@@H](C)C(F)(F)F)cn1)n2-c1ccccc1. The third-order valence-electron chi connectivity index (χ3n) is 5.51. The van der Waals surface area contributed by atoms with Gasteiger partial charge in [0.2, 0.25) is 10.0 Å². The van der Waals surface area contributed by atoms with Crippen molar-refractivity contribution in [2.24, 2.45) is 0 Å². The van der Waals surface area contributed by atoms with E-state index in [1.807, 2.05) is 43.3 Å². The third-order valence-corrected chi connectivity index (χ3v) is 7.04. The summed E-state index contributed by atoms with van der Waals surface area (Å²) in [7, 11) is -4.47. The third kappa shape index (κ3) is 4.62. The van der Waals surface area contributed by atoms with Gasteiger partial charge in [0.1, 0.15) is 22.7 Å². The van der Waals surface area contributed by atoms with Crippen molar-refractivity contribution in [1.29, 1.82) is 5.26 Å². The molecule has 0 amide bonds. The van der Waals surface area contributed by atoms with E-state index in [0.29, 0.717) is 41.3 Å². The van der Waals surface area contributed by atoms with Crippen molar-refractivity contribution in [3.8, 4) is 23.1 Å². The lowest BCUT2D eigenvalue weighted by Crippen LogP contribution is -2.42. The van der Waals surface area contributed by atoms with Gasteiger partial charge in [-0.2, -0.15) is 23.2 Å². The summed E-state index contributed by atoms with van der Waals surface area (Å²) in [5.74, 6) is 0. The van der Waals surface area contributed by atoms with Crippen LogP contribution in [-0.2, 0) is 16.4 Å². The van der Waals surface area contributed by atoms with Crippen molar-refractivity contribution in [1.82, 2.24) is 19.3 Å². The van der Waals surface area contributed by atoms with E-state index in [1.54, 1.807) is 15.5 Å². The Hall–Kier alpha value is -3.75. The quantitative estimate of drug-likeness (QED) is 0.413. The molecule has 0 aliphatic heterocycles. The number of aromatic nitrogens is 3. The van der Waals surface area contributed by atoms with E-state index in [-0.39, 0.29) is 5.69 Å². The topological polar surface area (TPSA) is 101 Å². The van der Waals surface area contributed by atoms with Gasteiger partial charge >= 0.3 is 6.18 Å². The number of nitrogens with zero attached hydrogens (tertiary/aromatic N) is 4. The molecule has 0 saturated heterocycles. The van der Waals surface area contributed by atoms with Crippen molar-refractivity contribution >= 4 is 21.1 Å². The van der Waals surface area contributed by atoms with E-state index in [0.717, 1.165) is 17.8 Å². The Labute approximate surface area is 199 Å². The van der Waals surface area contributed by atoms with Crippen LogP contribution in [0.5, 0.6) is 0 Å². The van der Waals surface area contributed by atoms with Crippen molar-refractivity contribution in [3.63, 3.8) is 0 Å². The van der Waals surface area contributed by atoms with Gasteiger partial charge in [0.05, 0.1) is 17.0 Å². The number of hydrogen-bond acceptors (Lipinski definition) is 5. The molecule has 0 aliphatic rings. The summed E-state index contributed by atoms with van der Waals surface area (Å²) in [6, 6.07) is 13.5. The number of nitrogens with one attached hydrogen (secondary N) is 1. The molecule has 0 radical (unpaired) electrons. The number of nitriles is 1. The van der Waals surface area contributed by atoms with Crippen LogP contribution in [0.15, 0.2) is 65.8 Å². The number of fused-ring (bicyclic) bond motifs is 1. The van der Waals surface area contributed by atoms with Crippen molar-refractivity contribution in [2.75, 3.05) is 0 Å². The van der Waals surface area contributed by atoms with Crippen molar-refractivity contribution in [2.45, 2.75) is 37.4 Å². The van der Waals surface area contributed by atoms with Crippen LogP contribution in [0.4, 0.5) is 13.2 Å². The number of rotatable bonds is 6. The number of pyridine rings is 2. The van der Waals surface area contributed by atoms with E-state index >= 15 is 0 Å². The summed E-state index contributed by atoms with van der Waals surface area (Å²) in [4.78, 5) is 8.36. The first-order chi connectivity index (χ1) is 16.6. The Kier molecular flexibility index (Phi) is 6.36. The lowest BCUT2D eigenvalue weighted by molar-refractivity contribution is -0.147.